The Labute approximate surface area is 323 Å². The van der Waals surface area contributed by atoms with Gasteiger partial charge in [-0.2, -0.15) is 0 Å². The van der Waals surface area contributed by atoms with E-state index in [-0.39, 0.29) is 12.8 Å². The number of hydrogen-bond donors (Lipinski definition) is 3. The molecule has 0 aromatic rings. The zero-order valence-corrected chi connectivity index (χ0v) is 33.1. The molecule has 0 heterocycles. The standard InChI is InChI=1S/C42H64NO10P/c1-3-5-7-9-11-13-15-17-18-19-20-22-24-26-28-30-32-34-41(45)53-38(36-51-54(48,49)52-37-39(43)42(46)47)35-50-40(44)33-31-29-27-25-23-21-16-14-12-10-8-6-4-2/h5-8,11-14,17-18,20-23,26-29,38-39H,3-4,9-10,15-16,19,24-25,30-37,43H2,1-2H3,(H,46,47)(H,48,49)/b7-5-,8-6-,13-11-,14-12-,18-17-,22-20-,23-21-,28-26-,29-27-. The van der Waals surface area contributed by atoms with Gasteiger partial charge in [0.25, 0.3) is 0 Å². The van der Waals surface area contributed by atoms with Gasteiger partial charge < -0.3 is 25.2 Å². The maximum absolute atomic E-state index is 12.5. The Morgan fingerprint density at radius 3 is 1.43 bits per heavy atom. The molecule has 12 heteroatoms. The number of hydrogen-bond acceptors (Lipinski definition) is 9. The molecule has 0 fully saturated rings. The van der Waals surface area contributed by atoms with Gasteiger partial charge in [0.05, 0.1) is 13.2 Å². The Bertz CT molecular complexity index is 1330. The third-order valence-electron chi connectivity index (χ3n) is 7.03. The van der Waals surface area contributed by atoms with Crippen molar-refractivity contribution in [3.63, 3.8) is 0 Å². The number of ether oxygens (including phenoxy) is 2. The van der Waals surface area contributed by atoms with Gasteiger partial charge in [0, 0.05) is 12.8 Å². The van der Waals surface area contributed by atoms with Crippen LogP contribution in [0.25, 0.3) is 0 Å². The van der Waals surface area contributed by atoms with Crippen molar-refractivity contribution in [2.24, 2.45) is 5.73 Å². The summed E-state index contributed by atoms with van der Waals surface area (Å²) in [6, 6.07) is -1.54. The van der Waals surface area contributed by atoms with Crippen molar-refractivity contribution in [3.05, 3.63) is 109 Å². The first-order chi connectivity index (χ1) is 26.1. The lowest BCUT2D eigenvalue weighted by atomic mass is 10.2. The summed E-state index contributed by atoms with van der Waals surface area (Å²) < 4.78 is 32.4. The van der Waals surface area contributed by atoms with Crippen molar-refractivity contribution in [2.45, 2.75) is 116 Å². The van der Waals surface area contributed by atoms with Crippen molar-refractivity contribution in [3.8, 4) is 0 Å². The molecule has 0 aliphatic rings. The van der Waals surface area contributed by atoms with Crippen molar-refractivity contribution in [1.82, 2.24) is 0 Å². The highest BCUT2D eigenvalue weighted by Crippen LogP contribution is 2.43. The van der Waals surface area contributed by atoms with Crippen molar-refractivity contribution in [1.29, 1.82) is 0 Å². The van der Waals surface area contributed by atoms with Crippen LogP contribution in [0.3, 0.4) is 0 Å². The number of esters is 2. The highest BCUT2D eigenvalue weighted by atomic mass is 31.2. The van der Waals surface area contributed by atoms with Crippen molar-refractivity contribution >= 4 is 25.7 Å². The summed E-state index contributed by atoms with van der Waals surface area (Å²) in [4.78, 5) is 45.7. The lowest BCUT2D eigenvalue weighted by Gasteiger charge is -2.20. The fraction of sp³-hybridized carbons (Fsp3) is 0.500. The summed E-state index contributed by atoms with van der Waals surface area (Å²) in [6.45, 7) is 2.39. The number of carbonyl (C=O) groups excluding carboxylic acids is 2. The normalized spacial score (nSPS) is 15.0. The number of phosphoric acid groups is 1. The smallest absolute Gasteiger partial charge is 0.472 e. The van der Waals surface area contributed by atoms with E-state index in [2.05, 4.69) is 97.4 Å². The molecule has 0 aromatic heterocycles. The minimum absolute atomic E-state index is 0.0609. The highest BCUT2D eigenvalue weighted by Gasteiger charge is 2.28. The topological polar surface area (TPSA) is 172 Å². The van der Waals surface area contributed by atoms with Crippen LogP contribution in [-0.4, -0.2) is 59.9 Å². The quantitative estimate of drug-likeness (QED) is 0.0251. The van der Waals surface area contributed by atoms with Crippen LogP contribution in [0.5, 0.6) is 0 Å². The lowest BCUT2D eigenvalue weighted by molar-refractivity contribution is -0.161. The molecule has 11 nitrogen and oxygen atoms in total. The third-order valence-corrected chi connectivity index (χ3v) is 7.98. The Balaban J connectivity index is 4.68. The summed E-state index contributed by atoms with van der Waals surface area (Å²) in [5, 5.41) is 8.86. The summed E-state index contributed by atoms with van der Waals surface area (Å²) in [7, 11) is -4.75. The van der Waals surface area contributed by atoms with E-state index in [4.69, 9.17) is 24.8 Å². The van der Waals surface area contributed by atoms with Gasteiger partial charge in [0.1, 0.15) is 12.6 Å². The lowest BCUT2D eigenvalue weighted by Crippen LogP contribution is -2.34. The zero-order valence-electron chi connectivity index (χ0n) is 32.3. The molecule has 0 aliphatic heterocycles. The van der Waals surface area contributed by atoms with E-state index >= 15 is 0 Å². The van der Waals surface area contributed by atoms with Gasteiger partial charge in [-0.3, -0.25) is 23.4 Å². The van der Waals surface area contributed by atoms with Crippen LogP contribution in [0, 0.1) is 0 Å². The minimum atomic E-state index is -4.75. The molecule has 3 unspecified atom stereocenters. The summed E-state index contributed by atoms with van der Waals surface area (Å²) in [5.41, 5.74) is 5.31. The van der Waals surface area contributed by atoms with Crippen LogP contribution in [0.2, 0.25) is 0 Å². The number of unbranched alkanes of at least 4 members (excludes halogenated alkanes) is 1. The van der Waals surface area contributed by atoms with E-state index in [9.17, 15) is 23.8 Å². The molecule has 0 aliphatic carbocycles. The number of carboxylic acids is 1. The Morgan fingerprint density at radius 1 is 0.574 bits per heavy atom. The van der Waals surface area contributed by atoms with Crippen molar-refractivity contribution < 1.29 is 47.5 Å². The van der Waals surface area contributed by atoms with Crippen LogP contribution in [0.1, 0.15) is 104 Å². The largest absolute Gasteiger partial charge is 0.480 e. The molecular formula is C42H64NO10P. The fourth-order valence-corrected chi connectivity index (χ4v) is 4.89. The van der Waals surface area contributed by atoms with E-state index in [0.29, 0.717) is 19.3 Å². The zero-order chi connectivity index (χ0) is 40.0. The molecule has 4 N–H and O–H groups in total. The van der Waals surface area contributed by atoms with Crippen LogP contribution in [0.4, 0.5) is 0 Å². The Morgan fingerprint density at radius 2 is 0.981 bits per heavy atom. The highest BCUT2D eigenvalue weighted by molar-refractivity contribution is 7.47. The maximum Gasteiger partial charge on any atom is 0.472 e. The van der Waals surface area contributed by atoms with Gasteiger partial charge >= 0.3 is 25.7 Å². The SMILES string of the molecule is CC/C=C\C/C=C\C/C=C\C/C=C\C/C=C\CCCC(=O)OC(COC(=O)CC/C=C\C/C=C\C/C=C\C/C=C\CC)COP(=O)(O)OCC(N)C(=O)O. The first-order valence-corrected chi connectivity index (χ1v) is 20.4. The molecule has 0 radical (unpaired) electrons. The predicted molar refractivity (Wildman–Crippen MR) is 216 cm³/mol. The number of phosphoric ester groups is 1. The van der Waals surface area contributed by atoms with Gasteiger partial charge in [-0.25, -0.2) is 4.57 Å². The van der Waals surface area contributed by atoms with Crippen molar-refractivity contribution in [2.75, 3.05) is 19.8 Å². The fourth-order valence-electron chi connectivity index (χ4n) is 4.11. The Kier molecular flexibility index (Phi) is 33.6. The molecule has 0 amide bonds. The second kappa shape index (κ2) is 36.1. The second-order valence-electron chi connectivity index (χ2n) is 11.9. The molecule has 3 atom stereocenters. The van der Waals surface area contributed by atoms with Gasteiger partial charge in [-0.05, 0) is 77.0 Å². The number of rotatable bonds is 33. The first kappa shape index (κ1) is 50.1. The van der Waals surface area contributed by atoms with Crippen LogP contribution in [0.15, 0.2) is 109 Å². The molecule has 0 saturated carbocycles. The van der Waals surface area contributed by atoms with Gasteiger partial charge in [0.15, 0.2) is 6.10 Å². The number of nitrogens with two attached hydrogens (primary N) is 1. The van der Waals surface area contributed by atoms with Crippen LogP contribution < -0.4 is 5.73 Å². The molecule has 0 rings (SSSR count). The first-order valence-electron chi connectivity index (χ1n) is 18.9. The molecule has 0 aromatic carbocycles. The van der Waals surface area contributed by atoms with E-state index in [1.807, 2.05) is 30.4 Å². The second-order valence-corrected chi connectivity index (χ2v) is 13.4. The molecule has 0 saturated heterocycles. The number of aliphatic carboxylic acids is 1. The Hall–Kier alpha value is -3.86. The average Bonchev–Trinajstić information content (AvgIpc) is 3.14. The summed E-state index contributed by atoms with van der Waals surface area (Å²) in [6.07, 6.45) is 46.2. The monoisotopic (exact) mass is 773 g/mol. The summed E-state index contributed by atoms with van der Waals surface area (Å²) in [5.74, 6) is -2.58. The van der Waals surface area contributed by atoms with E-state index < -0.39 is 57.7 Å². The number of carbonyl (C=O) groups is 3. The van der Waals surface area contributed by atoms with Gasteiger partial charge in [-0.15, -0.1) is 0 Å². The molecule has 54 heavy (non-hydrogen) atoms. The van der Waals surface area contributed by atoms with Gasteiger partial charge in [-0.1, -0.05) is 123 Å². The number of allylic oxidation sites excluding steroid dienone is 18. The average molecular weight is 774 g/mol. The molecule has 0 spiro atoms. The predicted octanol–water partition coefficient (Wildman–Crippen LogP) is 9.49. The van der Waals surface area contributed by atoms with Crippen LogP contribution in [-0.2, 0) is 37.5 Å². The maximum atomic E-state index is 12.5. The van der Waals surface area contributed by atoms with E-state index in [1.165, 1.54) is 0 Å². The number of carboxylic acid groups (broad SMARTS) is 1. The van der Waals surface area contributed by atoms with Crippen LogP contribution >= 0.6 is 7.82 Å². The summed E-state index contributed by atoms with van der Waals surface area (Å²) >= 11 is 0. The van der Waals surface area contributed by atoms with E-state index in [1.54, 1.807) is 0 Å². The van der Waals surface area contributed by atoms with E-state index in [0.717, 1.165) is 57.8 Å². The van der Waals surface area contributed by atoms with Gasteiger partial charge in [0.2, 0.25) is 0 Å². The molecule has 302 valence electrons. The third kappa shape index (κ3) is 35.2. The molecule has 0 bridgehead atoms. The minimum Gasteiger partial charge on any atom is -0.480 e. The molecular weight excluding hydrogens is 709 g/mol.